The summed E-state index contributed by atoms with van der Waals surface area (Å²) in [5.74, 6) is -0.271. The second-order valence-corrected chi connectivity index (χ2v) is 6.11. The van der Waals surface area contributed by atoms with Crippen molar-refractivity contribution in [3.63, 3.8) is 0 Å². The largest absolute Gasteiger partial charge is 0.475 e. The molecule has 0 N–H and O–H groups in total. The second kappa shape index (κ2) is 8.41. The van der Waals surface area contributed by atoms with Crippen LogP contribution in [0.2, 0.25) is 0 Å². The fraction of sp³-hybridized carbons (Fsp3) is 0.118. The van der Waals surface area contributed by atoms with Crippen LogP contribution in [0.25, 0.3) is 11.4 Å². The van der Waals surface area contributed by atoms with Crippen molar-refractivity contribution in [3.8, 4) is 17.1 Å². The van der Waals surface area contributed by atoms with Gasteiger partial charge in [0.1, 0.15) is 0 Å². The van der Waals surface area contributed by atoms with E-state index < -0.39 is 17.5 Å². The number of aromatic nitrogens is 2. The van der Waals surface area contributed by atoms with Crippen molar-refractivity contribution in [2.24, 2.45) is 0 Å². The third-order valence-electron chi connectivity index (χ3n) is 3.32. The number of nitrogens with zero attached hydrogens (tertiary/aromatic N) is 3. The van der Waals surface area contributed by atoms with Crippen LogP contribution in [0.5, 0.6) is 5.75 Å². The van der Waals surface area contributed by atoms with Crippen LogP contribution in [-0.2, 0) is 16.1 Å². The molecule has 0 bridgehead atoms. The first kappa shape index (κ1) is 18.5. The van der Waals surface area contributed by atoms with Crippen molar-refractivity contribution in [3.05, 3.63) is 69.0 Å². The Labute approximate surface area is 161 Å². The molecule has 0 radical (unpaired) electrons. The third-order valence-corrected chi connectivity index (χ3v) is 3.81. The van der Waals surface area contributed by atoms with E-state index in [2.05, 4.69) is 26.1 Å². The topological polar surface area (TPSA) is 118 Å². The lowest BCUT2D eigenvalue weighted by molar-refractivity contribution is -0.385. The van der Waals surface area contributed by atoms with Crippen molar-refractivity contribution in [1.82, 2.24) is 10.1 Å². The van der Waals surface area contributed by atoms with E-state index in [1.165, 1.54) is 18.2 Å². The number of carbonyl (C=O) groups is 1. The summed E-state index contributed by atoms with van der Waals surface area (Å²) in [4.78, 5) is 26.2. The highest BCUT2D eigenvalue weighted by atomic mass is 79.9. The molecular weight excluding hydrogens is 422 g/mol. The Bertz CT molecular complexity index is 975. The van der Waals surface area contributed by atoms with E-state index in [0.29, 0.717) is 5.82 Å². The van der Waals surface area contributed by atoms with Crippen molar-refractivity contribution in [2.45, 2.75) is 6.61 Å². The molecule has 1 aromatic heterocycles. The van der Waals surface area contributed by atoms with E-state index in [1.807, 2.05) is 24.3 Å². The molecule has 0 saturated heterocycles. The van der Waals surface area contributed by atoms with Gasteiger partial charge in [-0.25, -0.2) is 4.79 Å². The highest BCUT2D eigenvalue weighted by Crippen LogP contribution is 2.25. The predicted octanol–water partition coefficient (Wildman–Crippen LogP) is 3.53. The minimum atomic E-state index is -0.727. The van der Waals surface area contributed by atoms with Gasteiger partial charge >= 0.3 is 11.7 Å². The van der Waals surface area contributed by atoms with Gasteiger partial charge in [-0.2, -0.15) is 4.98 Å². The molecule has 0 atom stereocenters. The van der Waals surface area contributed by atoms with E-state index in [-0.39, 0.29) is 23.9 Å². The van der Waals surface area contributed by atoms with Crippen molar-refractivity contribution in [1.29, 1.82) is 0 Å². The number of hydrogen-bond donors (Lipinski definition) is 0. The first-order valence-corrected chi connectivity index (χ1v) is 8.42. The lowest BCUT2D eigenvalue weighted by atomic mass is 10.2. The van der Waals surface area contributed by atoms with Gasteiger partial charge in [-0.3, -0.25) is 10.1 Å². The highest BCUT2D eigenvalue weighted by Gasteiger charge is 2.16. The summed E-state index contributed by atoms with van der Waals surface area (Å²) in [6.07, 6.45) is 0. The van der Waals surface area contributed by atoms with Gasteiger partial charge in [0.2, 0.25) is 5.82 Å². The maximum absolute atomic E-state index is 11.8. The predicted molar refractivity (Wildman–Crippen MR) is 95.8 cm³/mol. The summed E-state index contributed by atoms with van der Waals surface area (Å²) < 4.78 is 16.0. The lowest BCUT2D eigenvalue weighted by Crippen LogP contribution is -2.15. The van der Waals surface area contributed by atoms with Crippen molar-refractivity contribution < 1.29 is 23.7 Å². The summed E-state index contributed by atoms with van der Waals surface area (Å²) in [6, 6.07) is 13.1. The highest BCUT2D eigenvalue weighted by molar-refractivity contribution is 9.10. The Kier molecular flexibility index (Phi) is 5.77. The number of ether oxygens (including phenoxy) is 2. The standard InChI is InChI=1S/C17H12BrN3O6/c18-12-5-3-4-11(8-12)17-19-15(27-20-17)9-26-16(22)10-25-14-7-2-1-6-13(14)21(23)24/h1-8H,9-10H2. The zero-order valence-electron chi connectivity index (χ0n) is 13.7. The zero-order valence-corrected chi connectivity index (χ0v) is 15.3. The van der Waals surface area contributed by atoms with Crippen LogP contribution in [-0.4, -0.2) is 27.6 Å². The van der Waals surface area contributed by atoms with Gasteiger partial charge in [0.15, 0.2) is 19.0 Å². The summed E-state index contributed by atoms with van der Waals surface area (Å²) in [6.45, 7) is -0.725. The Hall–Kier alpha value is -3.27. The molecule has 0 spiro atoms. The lowest BCUT2D eigenvalue weighted by Gasteiger charge is -2.05. The fourth-order valence-electron chi connectivity index (χ4n) is 2.11. The quantitative estimate of drug-likeness (QED) is 0.315. The Morgan fingerprint density at radius 2 is 2.04 bits per heavy atom. The number of rotatable bonds is 7. The Morgan fingerprint density at radius 3 is 2.81 bits per heavy atom. The molecule has 3 rings (SSSR count). The molecular formula is C17H12BrN3O6. The van der Waals surface area contributed by atoms with Gasteiger partial charge in [0.25, 0.3) is 5.89 Å². The van der Waals surface area contributed by atoms with E-state index in [4.69, 9.17) is 14.0 Å². The van der Waals surface area contributed by atoms with Gasteiger partial charge in [0, 0.05) is 16.1 Å². The Balaban J connectivity index is 1.54. The number of para-hydroxylation sites is 2. The van der Waals surface area contributed by atoms with Crippen LogP contribution in [0.3, 0.4) is 0 Å². The first-order valence-electron chi connectivity index (χ1n) is 7.63. The summed E-state index contributed by atoms with van der Waals surface area (Å²) in [7, 11) is 0. The summed E-state index contributed by atoms with van der Waals surface area (Å²) in [5.41, 5.74) is 0.506. The average Bonchev–Trinajstić information content (AvgIpc) is 3.14. The molecule has 9 nitrogen and oxygen atoms in total. The maximum atomic E-state index is 11.8. The summed E-state index contributed by atoms with van der Waals surface area (Å²) in [5, 5.41) is 14.7. The molecule has 1 heterocycles. The van der Waals surface area contributed by atoms with Crippen molar-refractivity contribution >= 4 is 27.6 Å². The minimum absolute atomic E-state index is 0.0193. The molecule has 0 aliphatic carbocycles. The number of nitro benzene ring substituents is 1. The fourth-order valence-corrected chi connectivity index (χ4v) is 2.51. The molecule has 0 saturated carbocycles. The van der Waals surface area contributed by atoms with Gasteiger partial charge < -0.3 is 14.0 Å². The number of hydrogen-bond acceptors (Lipinski definition) is 8. The van der Waals surface area contributed by atoms with E-state index >= 15 is 0 Å². The number of nitro groups is 1. The molecule has 0 aliphatic rings. The molecule has 138 valence electrons. The monoisotopic (exact) mass is 433 g/mol. The molecule has 10 heteroatoms. The third kappa shape index (κ3) is 4.88. The average molecular weight is 434 g/mol. The molecule has 3 aromatic rings. The maximum Gasteiger partial charge on any atom is 0.344 e. The Morgan fingerprint density at radius 1 is 1.22 bits per heavy atom. The number of carbonyl (C=O) groups excluding carboxylic acids is 1. The van der Waals surface area contributed by atoms with Crippen LogP contribution in [0.1, 0.15) is 5.89 Å². The van der Waals surface area contributed by atoms with Gasteiger partial charge in [-0.05, 0) is 18.2 Å². The van der Waals surface area contributed by atoms with Gasteiger partial charge in [-0.15, -0.1) is 0 Å². The first-order chi connectivity index (χ1) is 13.0. The van der Waals surface area contributed by atoms with Crippen LogP contribution in [0.4, 0.5) is 5.69 Å². The van der Waals surface area contributed by atoms with E-state index in [1.54, 1.807) is 6.07 Å². The molecule has 0 aliphatic heterocycles. The normalized spacial score (nSPS) is 10.4. The van der Waals surface area contributed by atoms with Crippen LogP contribution in [0.15, 0.2) is 57.5 Å². The van der Waals surface area contributed by atoms with E-state index in [0.717, 1.165) is 10.0 Å². The molecule has 0 unspecified atom stereocenters. The van der Waals surface area contributed by atoms with E-state index in [9.17, 15) is 14.9 Å². The smallest absolute Gasteiger partial charge is 0.344 e. The number of esters is 1. The van der Waals surface area contributed by atoms with Crippen molar-refractivity contribution in [2.75, 3.05) is 6.61 Å². The molecule has 27 heavy (non-hydrogen) atoms. The number of benzene rings is 2. The number of halogens is 1. The van der Waals surface area contributed by atoms with Crippen LogP contribution in [0, 0.1) is 10.1 Å². The second-order valence-electron chi connectivity index (χ2n) is 5.20. The molecule has 0 amide bonds. The van der Waals surface area contributed by atoms with Gasteiger partial charge in [-0.1, -0.05) is 45.4 Å². The summed E-state index contributed by atoms with van der Waals surface area (Å²) >= 11 is 3.35. The zero-order chi connectivity index (χ0) is 19.2. The molecule has 2 aromatic carbocycles. The minimum Gasteiger partial charge on any atom is -0.475 e. The van der Waals surface area contributed by atoms with Crippen LogP contribution >= 0.6 is 15.9 Å². The van der Waals surface area contributed by atoms with Crippen LogP contribution < -0.4 is 4.74 Å². The SMILES string of the molecule is O=C(COc1ccccc1[N+](=O)[O-])OCc1nc(-c2cccc(Br)c2)no1. The van der Waals surface area contributed by atoms with Gasteiger partial charge in [0.05, 0.1) is 4.92 Å². The molecule has 0 fully saturated rings.